The van der Waals surface area contributed by atoms with Gasteiger partial charge in [0.1, 0.15) is 0 Å². The van der Waals surface area contributed by atoms with Gasteiger partial charge in [-0.15, -0.1) is 0 Å². The predicted octanol–water partition coefficient (Wildman–Crippen LogP) is 3.31. The van der Waals surface area contributed by atoms with E-state index >= 15 is 0 Å². The number of benzene rings is 3. The van der Waals surface area contributed by atoms with Gasteiger partial charge in [-0.3, -0.25) is 9.52 Å². The predicted molar refractivity (Wildman–Crippen MR) is 128 cm³/mol. The number of rotatable bonds is 8. The third-order valence-corrected chi connectivity index (χ3v) is 6.77. The van der Waals surface area contributed by atoms with Crippen LogP contribution in [0.3, 0.4) is 0 Å². The lowest BCUT2D eigenvalue weighted by atomic mass is 10.1. The first-order chi connectivity index (χ1) is 16.7. The molecule has 35 heavy (non-hydrogen) atoms. The van der Waals surface area contributed by atoms with Gasteiger partial charge in [0.25, 0.3) is 15.9 Å². The van der Waals surface area contributed by atoms with Gasteiger partial charge in [-0.2, -0.15) is 0 Å². The van der Waals surface area contributed by atoms with E-state index < -0.39 is 28.5 Å². The maximum Gasteiger partial charge on any atom is 0.338 e. The number of carbonyl (C=O) groups excluding carboxylic acids is 2. The smallest absolute Gasteiger partial charge is 0.338 e. The van der Waals surface area contributed by atoms with Crippen LogP contribution in [0.1, 0.15) is 27.0 Å². The zero-order valence-electron chi connectivity index (χ0n) is 19.2. The fourth-order valence-corrected chi connectivity index (χ4v) is 4.77. The van der Waals surface area contributed by atoms with Crippen LogP contribution in [-0.4, -0.2) is 33.7 Å². The number of fused-ring (bicyclic) bond motifs is 1. The molecule has 10 heteroatoms. The molecule has 0 fully saturated rings. The Bertz CT molecular complexity index is 1390. The lowest BCUT2D eigenvalue weighted by Gasteiger charge is -2.12. The van der Waals surface area contributed by atoms with Crippen LogP contribution in [0.25, 0.3) is 0 Å². The number of amides is 1. The van der Waals surface area contributed by atoms with Crippen LogP contribution in [-0.2, 0) is 26.1 Å². The van der Waals surface area contributed by atoms with Crippen molar-refractivity contribution in [3.63, 3.8) is 0 Å². The molecule has 0 spiro atoms. The van der Waals surface area contributed by atoms with Gasteiger partial charge in [-0.1, -0.05) is 24.3 Å². The number of esters is 1. The summed E-state index contributed by atoms with van der Waals surface area (Å²) in [4.78, 5) is 24.6. The number of nitrogens with one attached hydrogen (secondary N) is 2. The Morgan fingerprint density at radius 1 is 0.971 bits per heavy atom. The Morgan fingerprint density at radius 2 is 1.77 bits per heavy atom. The summed E-state index contributed by atoms with van der Waals surface area (Å²) in [6, 6.07) is 16.4. The topological polar surface area (TPSA) is 120 Å². The standard InChI is InChI=1S/C25H24N2O7S/c1-16-4-3-5-20(10-16)27-35(30,31)23-12-19(8-6-17(23)2)25(29)32-14-24(28)26-13-18-7-9-21-22(11-18)34-15-33-21/h3-12,27H,13-15H2,1-2H3,(H,26,28). The maximum atomic E-state index is 12.9. The summed E-state index contributed by atoms with van der Waals surface area (Å²) in [5, 5.41) is 2.66. The Hall–Kier alpha value is -4.05. The van der Waals surface area contributed by atoms with Crippen molar-refractivity contribution in [1.29, 1.82) is 0 Å². The van der Waals surface area contributed by atoms with E-state index in [1.165, 1.54) is 18.2 Å². The molecule has 4 rings (SSSR count). The van der Waals surface area contributed by atoms with Gasteiger partial charge >= 0.3 is 5.97 Å². The van der Waals surface area contributed by atoms with Gasteiger partial charge in [0.2, 0.25) is 6.79 Å². The summed E-state index contributed by atoms with van der Waals surface area (Å²) in [6.45, 7) is 3.34. The molecule has 3 aromatic carbocycles. The largest absolute Gasteiger partial charge is 0.454 e. The highest BCUT2D eigenvalue weighted by molar-refractivity contribution is 7.92. The van der Waals surface area contributed by atoms with E-state index in [0.717, 1.165) is 11.1 Å². The molecule has 2 N–H and O–H groups in total. The molecule has 3 aromatic rings. The molecule has 1 aliphatic rings. The number of aryl methyl sites for hydroxylation is 2. The van der Waals surface area contributed by atoms with Crippen molar-refractivity contribution in [1.82, 2.24) is 5.32 Å². The number of anilines is 1. The zero-order valence-corrected chi connectivity index (χ0v) is 20.0. The van der Waals surface area contributed by atoms with E-state index in [2.05, 4.69) is 10.0 Å². The minimum absolute atomic E-state index is 0.0174. The lowest BCUT2D eigenvalue weighted by molar-refractivity contribution is -0.124. The molecule has 0 aromatic heterocycles. The van der Waals surface area contributed by atoms with Crippen LogP contribution >= 0.6 is 0 Å². The fraction of sp³-hybridized carbons (Fsp3) is 0.200. The molecular formula is C25H24N2O7S. The molecule has 1 aliphatic heterocycles. The second kappa shape index (κ2) is 10.1. The first-order valence-corrected chi connectivity index (χ1v) is 12.2. The van der Waals surface area contributed by atoms with Gasteiger partial charge in [0.05, 0.1) is 10.5 Å². The highest BCUT2D eigenvalue weighted by Crippen LogP contribution is 2.32. The summed E-state index contributed by atoms with van der Waals surface area (Å²) < 4.78 is 44.0. The average Bonchev–Trinajstić information content (AvgIpc) is 3.29. The van der Waals surface area contributed by atoms with Gasteiger partial charge < -0.3 is 19.5 Å². The molecule has 0 saturated heterocycles. The van der Waals surface area contributed by atoms with Crippen molar-refractivity contribution in [2.45, 2.75) is 25.3 Å². The molecule has 0 bridgehead atoms. The number of hydrogen-bond donors (Lipinski definition) is 2. The van der Waals surface area contributed by atoms with Crippen molar-refractivity contribution >= 4 is 27.6 Å². The van der Waals surface area contributed by atoms with E-state index in [1.807, 2.05) is 13.0 Å². The van der Waals surface area contributed by atoms with Crippen LogP contribution in [0.15, 0.2) is 65.6 Å². The summed E-state index contributed by atoms with van der Waals surface area (Å²) in [6.07, 6.45) is 0. The number of carbonyl (C=O) groups is 2. The molecule has 1 amide bonds. The normalized spacial score (nSPS) is 12.2. The average molecular weight is 497 g/mol. The third kappa shape index (κ3) is 5.90. The summed E-state index contributed by atoms with van der Waals surface area (Å²) in [7, 11) is -3.95. The van der Waals surface area contributed by atoms with E-state index in [9.17, 15) is 18.0 Å². The van der Waals surface area contributed by atoms with E-state index in [0.29, 0.717) is 22.7 Å². The first-order valence-electron chi connectivity index (χ1n) is 10.7. The van der Waals surface area contributed by atoms with Gasteiger partial charge in [0, 0.05) is 12.2 Å². The SMILES string of the molecule is Cc1cccc(NS(=O)(=O)c2cc(C(=O)OCC(=O)NCc3ccc4c(c3)OCO4)ccc2C)c1. The highest BCUT2D eigenvalue weighted by atomic mass is 32.2. The van der Waals surface area contributed by atoms with Gasteiger partial charge in [0.15, 0.2) is 18.1 Å². The van der Waals surface area contributed by atoms with Crippen LogP contribution in [0.5, 0.6) is 11.5 Å². The summed E-state index contributed by atoms with van der Waals surface area (Å²) in [5.41, 5.74) is 2.59. The third-order valence-electron chi connectivity index (χ3n) is 5.24. The van der Waals surface area contributed by atoms with E-state index in [1.54, 1.807) is 43.3 Å². The summed E-state index contributed by atoms with van der Waals surface area (Å²) >= 11 is 0. The Morgan fingerprint density at radius 3 is 2.57 bits per heavy atom. The van der Waals surface area contributed by atoms with Crippen molar-refractivity contribution in [3.05, 3.63) is 82.9 Å². The van der Waals surface area contributed by atoms with Crippen molar-refractivity contribution < 1.29 is 32.2 Å². The van der Waals surface area contributed by atoms with Crippen LogP contribution in [0.4, 0.5) is 5.69 Å². The Balaban J connectivity index is 1.36. The molecule has 0 aliphatic carbocycles. The van der Waals surface area contributed by atoms with Crippen molar-refractivity contribution in [2.75, 3.05) is 18.1 Å². The van der Waals surface area contributed by atoms with E-state index in [-0.39, 0.29) is 23.8 Å². The maximum absolute atomic E-state index is 12.9. The zero-order chi connectivity index (χ0) is 25.0. The molecule has 182 valence electrons. The van der Waals surface area contributed by atoms with Gasteiger partial charge in [-0.25, -0.2) is 13.2 Å². The molecule has 0 unspecified atom stereocenters. The Kier molecular flexibility index (Phi) is 6.92. The highest BCUT2D eigenvalue weighted by Gasteiger charge is 2.21. The number of sulfonamides is 1. The van der Waals surface area contributed by atoms with Crippen molar-refractivity contribution in [2.24, 2.45) is 0 Å². The molecule has 1 heterocycles. The van der Waals surface area contributed by atoms with Crippen LogP contribution in [0, 0.1) is 13.8 Å². The minimum Gasteiger partial charge on any atom is -0.454 e. The quantitative estimate of drug-likeness (QED) is 0.459. The Labute approximate surface area is 203 Å². The molecule has 0 atom stereocenters. The molecule has 0 saturated carbocycles. The molecule has 0 radical (unpaired) electrons. The van der Waals surface area contributed by atoms with Crippen LogP contribution < -0.4 is 19.5 Å². The summed E-state index contributed by atoms with van der Waals surface area (Å²) in [5.74, 6) is -0.0694. The van der Waals surface area contributed by atoms with E-state index in [4.69, 9.17) is 14.2 Å². The van der Waals surface area contributed by atoms with Gasteiger partial charge in [-0.05, 0) is 66.9 Å². The molecular weight excluding hydrogens is 472 g/mol. The lowest BCUT2D eigenvalue weighted by Crippen LogP contribution is -2.28. The second-order valence-corrected chi connectivity index (χ2v) is 9.65. The van der Waals surface area contributed by atoms with Crippen molar-refractivity contribution in [3.8, 4) is 11.5 Å². The monoisotopic (exact) mass is 496 g/mol. The molecule has 9 nitrogen and oxygen atoms in total. The first kappa shape index (κ1) is 24.1. The number of ether oxygens (including phenoxy) is 3. The minimum atomic E-state index is -3.95. The van der Waals surface area contributed by atoms with Crippen LogP contribution in [0.2, 0.25) is 0 Å². The fourth-order valence-electron chi connectivity index (χ4n) is 3.45. The number of hydrogen-bond acceptors (Lipinski definition) is 7. The second-order valence-electron chi connectivity index (χ2n) is 8.00.